The molecule has 0 aliphatic heterocycles. The molecule has 1 aromatic carbocycles. The summed E-state index contributed by atoms with van der Waals surface area (Å²) in [6.07, 6.45) is 3.58. The van der Waals surface area contributed by atoms with Gasteiger partial charge in [-0.2, -0.15) is 0 Å². The molecule has 0 unspecified atom stereocenters. The zero-order valence-corrected chi connectivity index (χ0v) is 13.6. The Morgan fingerprint density at radius 3 is 2.60 bits per heavy atom. The van der Waals surface area contributed by atoms with Crippen molar-refractivity contribution in [1.29, 1.82) is 0 Å². The molecule has 0 atom stereocenters. The van der Waals surface area contributed by atoms with Crippen LogP contribution in [0, 0.1) is 0 Å². The quantitative estimate of drug-likeness (QED) is 0.723. The predicted octanol–water partition coefficient (Wildman–Crippen LogP) is 2.07. The van der Waals surface area contributed by atoms with Gasteiger partial charge in [-0.05, 0) is 30.3 Å². The lowest BCUT2D eigenvalue weighted by Crippen LogP contribution is -2.30. The van der Waals surface area contributed by atoms with Gasteiger partial charge in [0.2, 0.25) is 5.91 Å². The van der Waals surface area contributed by atoms with Crippen molar-refractivity contribution >= 4 is 22.7 Å². The third-order valence-electron chi connectivity index (χ3n) is 3.72. The smallest absolute Gasteiger partial charge is 0.251 e. The Balaban J connectivity index is 1.50. The first-order valence-corrected chi connectivity index (χ1v) is 8.02. The molecular formula is C19H18N4O2. The van der Waals surface area contributed by atoms with E-state index in [1.807, 2.05) is 30.3 Å². The zero-order chi connectivity index (χ0) is 17.5. The van der Waals surface area contributed by atoms with Gasteiger partial charge in [-0.15, -0.1) is 0 Å². The molecule has 126 valence electrons. The third kappa shape index (κ3) is 4.38. The van der Waals surface area contributed by atoms with E-state index in [1.165, 1.54) is 0 Å². The minimum atomic E-state index is -0.212. The van der Waals surface area contributed by atoms with Crippen molar-refractivity contribution < 1.29 is 9.59 Å². The van der Waals surface area contributed by atoms with E-state index in [1.54, 1.807) is 30.6 Å². The molecule has 0 aliphatic carbocycles. The molecule has 3 aromatic rings. The number of pyridine rings is 2. The Bertz CT molecular complexity index is 875. The maximum absolute atomic E-state index is 12.3. The van der Waals surface area contributed by atoms with E-state index >= 15 is 0 Å². The molecule has 0 saturated carbocycles. The van der Waals surface area contributed by atoms with Crippen LogP contribution < -0.4 is 10.6 Å². The maximum atomic E-state index is 12.3. The number of nitrogens with one attached hydrogen (secondary N) is 2. The number of hydrogen-bond acceptors (Lipinski definition) is 4. The molecular weight excluding hydrogens is 316 g/mol. The summed E-state index contributed by atoms with van der Waals surface area (Å²) in [4.78, 5) is 32.6. The number of aromatic nitrogens is 2. The van der Waals surface area contributed by atoms with E-state index in [2.05, 4.69) is 20.6 Å². The molecule has 2 heterocycles. The summed E-state index contributed by atoms with van der Waals surface area (Å²) in [5, 5.41) is 6.35. The van der Waals surface area contributed by atoms with E-state index in [4.69, 9.17) is 0 Å². The lowest BCUT2D eigenvalue weighted by molar-refractivity contribution is -0.121. The summed E-state index contributed by atoms with van der Waals surface area (Å²) in [5.41, 5.74) is 2.12. The highest BCUT2D eigenvalue weighted by molar-refractivity contribution is 6.06. The van der Waals surface area contributed by atoms with Gasteiger partial charge in [0.1, 0.15) is 0 Å². The Morgan fingerprint density at radius 2 is 1.76 bits per heavy atom. The van der Waals surface area contributed by atoms with Crippen LogP contribution in [0.4, 0.5) is 0 Å². The van der Waals surface area contributed by atoms with Crippen LogP contribution in [-0.2, 0) is 11.3 Å². The Morgan fingerprint density at radius 1 is 0.880 bits per heavy atom. The molecule has 0 fully saturated rings. The van der Waals surface area contributed by atoms with E-state index in [0.717, 1.165) is 16.6 Å². The summed E-state index contributed by atoms with van der Waals surface area (Å²) in [6, 6.07) is 14.6. The van der Waals surface area contributed by atoms with Crippen LogP contribution >= 0.6 is 0 Å². The molecule has 0 saturated heterocycles. The van der Waals surface area contributed by atoms with Crippen molar-refractivity contribution in [3.63, 3.8) is 0 Å². The first-order chi connectivity index (χ1) is 12.2. The van der Waals surface area contributed by atoms with Gasteiger partial charge in [-0.25, -0.2) is 0 Å². The van der Waals surface area contributed by atoms with Crippen molar-refractivity contribution in [2.75, 3.05) is 6.54 Å². The standard InChI is InChI=1S/C19H18N4O2/c24-18(23-13-14-5-1-2-10-20-14)9-12-22-19(25)16-6-3-8-17-15(16)7-4-11-21-17/h1-8,10-11H,9,12-13H2,(H,22,25)(H,23,24). The van der Waals surface area contributed by atoms with E-state index in [-0.39, 0.29) is 24.8 Å². The minimum Gasteiger partial charge on any atom is -0.352 e. The highest BCUT2D eigenvalue weighted by Crippen LogP contribution is 2.16. The summed E-state index contributed by atoms with van der Waals surface area (Å²) in [7, 11) is 0. The third-order valence-corrected chi connectivity index (χ3v) is 3.72. The molecule has 2 N–H and O–H groups in total. The number of carbonyl (C=O) groups excluding carboxylic acids is 2. The molecule has 0 aliphatic rings. The fourth-order valence-electron chi connectivity index (χ4n) is 2.47. The van der Waals surface area contributed by atoms with Crippen LogP contribution in [0.2, 0.25) is 0 Å². The SMILES string of the molecule is O=C(CCNC(=O)c1cccc2ncccc12)NCc1ccccn1. The van der Waals surface area contributed by atoms with Gasteiger partial charge >= 0.3 is 0 Å². The van der Waals surface area contributed by atoms with Crippen LogP contribution in [0.5, 0.6) is 0 Å². The molecule has 6 heteroatoms. The minimum absolute atomic E-state index is 0.134. The first-order valence-electron chi connectivity index (χ1n) is 8.02. The van der Waals surface area contributed by atoms with Gasteiger partial charge in [0, 0.05) is 36.3 Å². The topological polar surface area (TPSA) is 84.0 Å². The molecule has 0 spiro atoms. The number of nitrogens with zero attached hydrogens (tertiary/aromatic N) is 2. The first kappa shape index (κ1) is 16.6. The van der Waals surface area contributed by atoms with E-state index in [0.29, 0.717) is 12.1 Å². The average Bonchev–Trinajstić information content (AvgIpc) is 2.66. The molecule has 2 aromatic heterocycles. The van der Waals surface area contributed by atoms with Crippen molar-refractivity contribution in [3.05, 3.63) is 72.2 Å². The molecule has 25 heavy (non-hydrogen) atoms. The lowest BCUT2D eigenvalue weighted by atomic mass is 10.1. The average molecular weight is 334 g/mol. The van der Waals surface area contributed by atoms with Gasteiger partial charge in [-0.3, -0.25) is 19.6 Å². The van der Waals surface area contributed by atoms with Crippen molar-refractivity contribution in [2.45, 2.75) is 13.0 Å². The molecule has 0 bridgehead atoms. The second-order valence-corrected chi connectivity index (χ2v) is 5.48. The van der Waals surface area contributed by atoms with Crippen molar-refractivity contribution in [1.82, 2.24) is 20.6 Å². The van der Waals surface area contributed by atoms with E-state index in [9.17, 15) is 9.59 Å². The molecule has 3 rings (SSSR count). The number of rotatable bonds is 6. The fourth-order valence-corrected chi connectivity index (χ4v) is 2.47. The second kappa shape index (κ2) is 8.01. The molecule has 0 radical (unpaired) electrons. The van der Waals surface area contributed by atoms with Gasteiger partial charge in [0.05, 0.1) is 17.8 Å². The monoisotopic (exact) mass is 334 g/mol. The number of carbonyl (C=O) groups is 2. The van der Waals surface area contributed by atoms with Crippen molar-refractivity contribution in [2.24, 2.45) is 0 Å². The van der Waals surface area contributed by atoms with Gasteiger partial charge in [0.25, 0.3) is 5.91 Å². The Hall–Kier alpha value is -3.28. The van der Waals surface area contributed by atoms with Crippen LogP contribution in [-0.4, -0.2) is 28.3 Å². The van der Waals surface area contributed by atoms with E-state index < -0.39 is 0 Å². The molecule has 6 nitrogen and oxygen atoms in total. The molecule has 2 amide bonds. The second-order valence-electron chi connectivity index (χ2n) is 5.48. The summed E-state index contributed by atoms with van der Waals surface area (Å²) < 4.78 is 0. The summed E-state index contributed by atoms with van der Waals surface area (Å²) in [6.45, 7) is 0.645. The van der Waals surface area contributed by atoms with Crippen molar-refractivity contribution in [3.8, 4) is 0 Å². The number of fused-ring (bicyclic) bond motifs is 1. The Kier molecular flexibility index (Phi) is 5.31. The van der Waals surface area contributed by atoms with Gasteiger partial charge < -0.3 is 10.6 Å². The highest BCUT2D eigenvalue weighted by atomic mass is 16.2. The number of benzene rings is 1. The predicted molar refractivity (Wildman–Crippen MR) is 94.8 cm³/mol. The normalized spacial score (nSPS) is 10.4. The van der Waals surface area contributed by atoms with Gasteiger partial charge in [0.15, 0.2) is 0 Å². The van der Waals surface area contributed by atoms with Crippen LogP contribution in [0.1, 0.15) is 22.5 Å². The van der Waals surface area contributed by atoms with Crippen LogP contribution in [0.15, 0.2) is 60.9 Å². The number of amides is 2. The summed E-state index contributed by atoms with van der Waals surface area (Å²) in [5.74, 6) is -0.346. The van der Waals surface area contributed by atoms with Crippen LogP contribution in [0.25, 0.3) is 10.9 Å². The fraction of sp³-hybridized carbons (Fsp3) is 0.158. The number of hydrogen-bond donors (Lipinski definition) is 2. The largest absolute Gasteiger partial charge is 0.352 e. The Labute approximate surface area is 145 Å². The highest BCUT2D eigenvalue weighted by Gasteiger charge is 2.10. The maximum Gasteiger partial charge on any atom is 0.251 e. The van der Waals surface area contributed by atoms with Gasteiger partial charge in [-0.1, -0.05) is 18.2 Å². The summed E-state index contributed by atoms with van der Waals surface area (Å²) >= 11 is 0. The van der Waals surface area contributed by atoms with Crippen LogP contribution in [0.3, 0.4) is 0 Å². The zero-order valence-electron chi connectivity index (χ0n) is 13.6. The lowest BCUT2D eigenvalue weighted by Gasteiger charge is -2.08.